The molecule has 2 aliphatic rings. The largest absolute Gasteiger partial charge is 0.381 e. The van der Waals surface area contributed by atoms with Gasteiger partial charge in [0.05, 0.1) is 11.6 Å². The minimum Gasteiger partial charge on any atom is -0.381 e. The van der Waals surface area contributed by atoms with E-state index in [2.05, 4.69) is 5.32 Å². The summed E-state index contributed by atoms with van der Waals surface area (Å²) in [7, 11) is 1.71. The zero-order valence-electron chi connectivity index (χ0n) is 9.45. The Kier molecular flexibility index (Phi) is 2.73. The summed E-state index contributed by atoms with van der Waals surface area (Å²) in [5.41, 5.74) is 5.35. The Bertz CT molecular complexity index is 255. The number of methoxy groups -OCH3 is 1. The molecule has 2 fully saturated rings. The number of ether oxygens (including phenoxy) is 1. The predicted octanol–water partition coefficient (Wildman–Crippen LogP) is 0.407. The van der Waals surface area contributed by atoms with Crippen LogP contribution >= 0.6 is 0 Å². The molecule has 0 aromatic carbocycles. The van der Waals surface area contributed by atoms with Crippen LogP contribution in [0.5, 0.6) is 0 Å². The first-order valence-corrected chi connectivity index (χ1v) is 5.66. The minimum absolute atomic E-state index is 0.00422. The molecule has 0 aromatic rings. The van der Waals surface area contributed by atoms with Crippen molar-refractivity contribution in [2.24, 2.45) is 11.7 Å². The van der Waals surface area contributed by atoms with E-state index in [1.54, 1.807) is 7.11 Å². The molecule has 4 nitrogen and oxygen atoms in total. The fourth-order valence-electron chi connectivity index (χ4n) is 2.09. The van der Waals surface area contributed by atoms with Crippen LogP contribution in [0.15, 0.2) is 0 Å². The first-order valence-electron chi connectivity index (χ1n) is 5.66. The standard InChI is InChI=1S/C11H20N2O2/c1-11(12,7-3-4-7)10(14)13-8-5-9(6-8)15-2/h7-9H,3-6,12H2,1-2H3,(H,13,14). The molecule has 2 rings (SSSR count). The van der Waals surface area contributed by atoms with Gasteiger partial charge in [0, 0.05) is 13.2 Å². The highest BCUT2D eigenvalue weighted by molar-refractivity contribution is 5.86. The van der Waals surface area contributed by atoms with Crippen molar-refractivity contribution in [3.63, 3.8) is 0 Å². The van der Waals surface area contributed by atoms with Gasteiger partial charge in [-0.3, -0.25) is 4.79 Å². The summed E-state index contributed by atoms with van der Waals surface area (Å²) < 4.78 is 5.16. The maximum Gasteiger partial charge on any atom is 0.240 e. The normalized spacial score (nSPS) is 34.1. The zero-order valence-corrected chi connectivity index (χ0v) is 9.45. The number of nitrogens with one attached hydrogen (secondary N) is 1. The van der Waals surface area contributed by atoms with Crippen molar-refractivity contribution in [3.05, 3.63) is 0 Å². The van der Waals surface area contributed by atoms with Gasteiger partial charge in [0.15, 0.2) is 0 Å². The van der Waals surface area contributed by atoms with Gasteiger partial charge in [-0.25, -0.2) is 0 Å². The van der Waals surface area contributed by atoms with Crippen LogP contribution in [-0.2, 0) is 9.53 Å². The van der Waals surface area contributed by atoms with Gasteiger partial charge in [-0.2, -0.15) is 0 Å². The van der Waals surface area contributed by atoms with Gasteiger partial charge in [-0.05, 0) is 38.5 Å². The first kappa shape index (κ1) is 10.9. The van der Waals surface area contributed by atoms with Crippen molar-refractivity contribution >= 4 is 5.91 Å². The van der Waals surface area contributed by atoms with E-state index >= 15 is 0 Å². The third kappa shape index (κ3) is 2.16. The highest BCUT2D eigenvalue weighted by Gasteiger charge is 2.45. The Labute approximate surface area is 90.5 Å². The predicted molar refractivity (Wildman–Crippen MR) is 57.3 cm³/mol. The molecule has 1 unspecified atom stereocenters. The van der Waals surface area contributed by atoms with Crippen LogP contribution in [0.1, 0.15) is 32.6 Å². The smallest absolute Gasteiger partial charge is 0.240 e. The summed E-state index contributed by atoms with van der Waals surface area (Å²) in [6.07, 6.45) is 4.34. The van der Waals surface area contributed by atoms with E-state index in [1.165, 1.54) is 0 Å². The van der Waals surface area contributed by atoms with Gasteiger partial charge in [-0.15, -0.1) is 0 Å². The van der Waals surface area contributed by atoms with Crippen LogP contribution in [0.2, 0.25) is 0 Å². The Morgan fingerprint density at radius 2 is 2.07 bits per heavy atom. The van der Waals surface area contributed by atoms with E-state index < -0.39 is 5.54 Å². The highest BCUT2D eigenvalue weighted by Crippen LogP contribution is 2.38. The quantitative estimate of drug-likeness (QED) is 0.709. The third-order valence-electron chi connectivity index (χ3n) is 3.68. The Morgan fingerprint density at radius 3 is 2.53 bits per heavy atom. The molecule has 3 N–H and O–H groups in total. The van der Waals surface area contributed by atoms with Gasteiger partial charge in [0.25, 0.3) is 0 Å². The number of carbonyl (C=O) groups is 1. The molecular formula is C11H20N2O2. The molecule has 2 aliphatic carbocycles. The molecule has 2 saturated carbocycles. The van der Waals surface area contributed by atoms with Crippen LogP contribution in [-0.4, -0.2) is 30.7 Å². The van der Waals surface area contributed by atoms with E-state index in [0.29, 0.717) is 12.0 Å². The Balaban J connectivity index is 1.77. The van der Waals surface area contributed by atoms with E-state index in [4.69, 9.17) is 10.5 Å². The third-order valence-corrected chi connectivity index (χ3v) is 3.68. The van der Waals surface area contributed by atoms with Crippen molar-refractivity contribution in [3.8, 4) is 0 Å². The molecule has 0 heterocycles. The molecule has 0 spiro atoms. The molecule has 15 heavy (non-hydrogen) atoms. The van der Waals surface area contributed by atoms with E-state index in [9.17, 15) is 4.79 Å². The van der Waals surface area contributed by atoms with Crippen LogP contribution < -0.4 is 11.1 Å². The lowest BCUT2D eigenvalue weighted by Crippen LogP contribution is -2.58. The summed E-state index contributed by atoms with van der Waals surface area (Å²) in [5.74, 6) is 0.389. The maximum absolute atomic E-state index is 11.9. The van der Waals surface area contributed by atoms with Crippen LogP contribution in [0, 0.1) is 5.92 Å². The molecule has 1 atom stereocenters. The second-order valence-corrected chi connectivity index (χ2v) is 5.06. The fraction of sp³-hybridized carbons (Fsp3) is 0.909. The summed E-state index contributed by atoms with van der Waals surface area (Å²) in [4.78, 5) is 11.9. The highest BCUT2D eigenvalue weighted by atomic mass is 16.5. The number of nitrogens with two attached hydrogens (primary N) is 1. The fourth-order valence-corrected chi connectivity index (χ4v) is 2.09. The molecule has 0 aliphatic heterocycles. The first-order chi connectivity index (χ1) is 7.04. The number of rotatable bonds is 4. The molecule has 4 heteroatoms. The van der Waals surface area contributed by atoms with Crippen molar-refractivity contribution in [2.45, 2.75) is 50.3 Å². The zero-order chi connectivity index (χ0) is 11.1. The van der Waals surface area contributed by atoms with E-state index in [-0.39, 0.29) is 11.9 Å². The van der Waals surface area contributed by atoms with Crippen molar-refractivity contribution in [1.82, 2.24) is 5.32 Å². The van der Waals surface area contributed by atoms with Gasteiger partial charge < -0.3 is 15.8 Å². The lowest BCUT2D eigenvalue weighted by molar-refractivity contribution is -0.128. The molecule has 0 radical (unpaired) electrons. The van der Waals surface area contributed by atoms with Crippen LogP contribution in [0.3, 0.4) is 0 Å². The molecule has 0 bridgehead atoms. The van der Waals surface area contributed by atoms with E-state index in [1.807, 2.05) is 6.92 Å². The van der Waals surface area contributed by atoms with Gasteiger partial charge in [0.1, 0.15) is 0 Å². The van der Waals surface area contributed by atoms with Gasteiger partial charge >= 0.3 is 0 Å². The lowest BCUT2D eigenvalue weighted by Gasteiger charge is -2.36. The Morgan fingerprint density at radius 1 is 1.47 bits per heavy atom. The van der Waals surface area contributed by atoms with Gasteiger partial charge in [-0.1, -0.05) is 0 Å². The topological polar surface area (TPSA) is 64.3 Å². The number of amides is 1. The number of hydrogen-bond donors (Lipinski definition) is 2. The van der Waals surface area contributed by atoms with Crippen molar-refractivity contribution in [1.29, 1.82) is 0 Å². The molecule has 0 saturated heterocycles. The van der Waals surface area contributed by atoms with Crippen LogP contribution in [0.4, 0.5) is 0 Å². The lowest BCUT2D eigenvalue weighted by atomic mass is 9.87. The second-order valence-electron chi connectivity index (χ2n) is 5.06. The molecule has 1 amide bonds. The second kappa shape index (κ2) is 3.76. The average Bonchev–Trinajstić information content (AvgIpc) is 2.92. The van der Waals surface area contributed by atoms with E-state index in [0.717, 1.165) is 25.7 Å². The average molecular weight is 212 g/mol. The molecular weight excluding hydrogens is 192 g/mol. The number of carbonyl (C=O) groups excluding carboxylic acids is 1. The van der Waals surface area contributed by atoms with Crippen LogP contribution in [0.25, 0.3) is 0 Å². The van der Waals surface area contributed by atoms with Gasteiger partial charge in [0.2, 0.25) is 5.91 Å². The SMILES string of the molecule is COC1CC(NC(=O)C(C)(N)C2CC2)C1. The Hall–Kier alpha value is -0.610. The summed E-state index contributed by atoms with van der Waals surface area (Å²) in [6.45, 7) is 1.84. The monoisotopic (exact) mass is 212 g/mol. The molecule has 0 aromatic heterocycles. The number of hydrogen-bond acceptors (Lipinski definition) is 3. The van der Waals surface area contributed by atoms with Crippen molar-refractivity contribution in [2.75, 3.05) is 7.11 Å². The summed E-state index contributed by atoms with van der Waals surface area (Å²) >= 11 is 0. The minimum atomic E-state index is -0.668. The molecule has 86 valence electrons. The maximum atomic E-state index is 11.9. The van der Waals surface area contributed by atoms with Crippen molar-refractivity contribution < 1.29 is 9.53 Å². The summed E-state index contributed by atoms with van der Waals surface area (Å²) in [5, 5.41) is 3.00. The summed E-state index contributed by atoms with van der Waals surface area (Å²) in [6, 6.07) is 0.268.